The highest BCUT2D eigenvalue weighted by molar-refractivity contribution is 6.06. The number of amides is 2. The zero-order valence-corrected chi connectivity index (χ0v) is 10.6. The number of likely N-dealkylation sites (tertiary alicyclic amines) is 1. The molecule has 2 aliphatic carbocycles. The zero-order chi connectivity index (χ0) is 12.8. The van der Waals surface area contributed by atoms with Gasteiger partial charge in [-0.05, 0) is 25.7 Å². The molecule has 0 unspecified atom stereocenters. The van der Waals surface area contributed by atoms with Gasteiger partial charge in [0.05, 0.1) is 17.4 Å². The number of carbonyl (C=O) groups is 2. The third kappa shape index (κ3) is 1.48. The number of fused-ring (bicyclic) bond motifs is 1. The van der Waals surface area contributed by atoms with Gasteiger partial charge in [-0.3, -0.25) is 14.5 Å². The van der Waals surface area contributed by atoms with Gasteiger partial charge >= 0.3 is 0 Å². The van der Waals surface area contributed by atoms with Crippen LogP contribution in [0.1, 0.15) is 38.5 Å². The summed E-state index contributed by atoms with van der Waals surface area (Å²) < 4.78 is 0. The number of carbonyl (C=O) groups excluding carboxylic acids is 2. The highest BCUT2D eigenvalue weighted by atomic mass is 16.2. The number of nitrogens with two attached hydrogens (primary N) is 1. The van der Waals surface area contributed by atoms with Gasteiger partial charge in [-0.2, -0.15) is 0 Å². The van der Waals surface area contributed by atoms with Crippen LogP contribution in [0.5, 0.6) is 0 Å². The number of allylic oxidation sites excluding steroid dienone is 2. The van der Waals surface area contributed by atoms with E-state index in [1.54, 1.807) is 4.90 Å². The predicted octanol–water partition coefficient (Wildman–Crippen LogP) is 1.21. The van der Waals surface area contributed by atoms with Crippen molar-refractivity contribution in [2.24, 2.45) is 17.6 Å². The van der Waals surface area contributed by atoms with E-state index in [2.05, 4.69) is 0 Å². The average molecular weight is 248 g/mol. The van der Waals surface area contributed by atoms with Gasteiger partial charge in [-0.25, -0.2) is 0 Å². The van der Waals surface area contributed by atoms with Crippen LogP contribution in [0, 0.1) is 11.8 Å². The maximum atomic E-state index is 12.5. The van der Waals surface area contributed by atoms with Crippen molar-refractivity contribution >= 4 is 11.8 Å². The molecule has 1 heterocycles. The van der Waals surface area contributed by atoms with Crippen LogP contribution in [0.2, 0.25) is 0 Å². The molecule has 0 aromatic carbocycles. The van der Waals surface area contributed by atoms with Gasteiger partial charge in [0.1, 0.15) is 0 Å². The summed E-state index contributed by atoms with van der Waals surface area (Å²) in [6.45, 7) is 0.414. The minimum atomic E-state index is -0.370. The number of hydrogen-bond acceptors (Lipinski definition) is 3. The quantitative estimate of drug-likeness (QED) is 0.590. The van der Waals surface area contributed by atoms with Crippen molar-refractivity contribution < 1.29 is 9.59 Å². The maximum absolute atomic E-state index is 12.5. The van der Waals surface area contributed by atoms with E-state index in [9.17, 15) is 9.59 Å². The van der Waals surface area contributed by atoms with Crippen LogP contribution >= 0.6 is 0 Å². The third-order valence-corrected chi connectivity index (χ3v) is 4.90. The molecule has 3 rings (SSSR count). The molecule has 1 aliphatic heterocycles. The lowest BCUT2D eigenvalue weighted by molar-refractivity contribution is -0.146. The standard InChI is InChI=1S/C14H20N2O2/c15-9-14(7-3-4-8-14)16-12(17)10-5-1-2-6-11(10)13(16)18/h1-2,10-11H,3-9,15H2/t10-,11+. The molecule has 0 radical (unpaired) electrons. The lowest BCUT2D eigenvalue weighted by Crippen LogP contribution is -2.55. The summed E-state index contributed by atoms with van der Waals surface area (Å²) >= 11 is 0. The number of hydrogen-bond donors (Lipinski definition) is 1. The summed E-state index contributed by atoms with van der Waals surface area (Å²) in [7, 11) is 0. The summed E-state index contributed by atoms with van der Waals surface area (Å²) in [5, 5.41) is 0. The Morgan fingerprint density at radius 3 is 2.06 bits per heavy atom. The Balaban J connectivity index is 1.93. The fourth-order valence-corrected chi connectivity index (χ4v) is 3.82. The number of imide groups is 1. The van der Waals surface area contributed by atoms with Crippen LogP contribution in [0.15, 0.2) is 12.2 Å². The van der Waals surface area contributed by atoms with Crippen LogP contribution in [0.3, 0.4) is 0 Å². The molecule has 1 saturated heterocycles. The highest BCUT2D eigenvalue weighted by Crippen LogP contribution is 2.43. The first-order valence-electron chi connectivity index (χ1n) is 6.92. The Morgan fingerprint density at radius 1 is 1.11 bits per heavy atom. The molecule has 2 N–H and O–H groups in total. The normalized spacial score (nSPS) is 34.2. The van der Waals surface area contributed by atoms with Crippen molar-refractivity contribution in [2.45, 2.75) is 44.1 Å². The van der Waals surface area contributed by atoms with E-state index in [-0.39, 0.29) is 29.2 Å². The Kier molecular flexibility index (Phi) is 2.77. The van der Waals surface area contributed by atoms with Crippen molar-refractivity contribution in [3.63, 3.8) is 0 Å². The van der Waals surface area contributed by atoms with Crippen molar-refractivity contribution in [3.8, 4) is 0 Å². The molecule has 0 spiro atoms. The fraction of sp³-hybridized carbons (Fsp3) is 0.714. The Bertz CT molecular complexity index is 384. The van der Waals surface area contributed by atoms with E-state index in [4.69, 9.17) is 5.73 Å². The Morgan fingerprint density at radius 2 is 1.61 bits per heavy atom. The molecule has 3 aliphatic rings. The summed E-state index contributed by atoms with van der Waals surface area (Å²) in [5.74, 6) is -0.179. The van der Waals surface area contributed by atoms with Gasteiger partial charge in [0.25, 0.3) is 0 Å². The van der Waals surface area contributed by atoms with Crippen LogP contribution in [-0.4, -0.2) is 28.8 Å². The van der Waals surface area contributed by atoms with E-state index >= 15 is 0 Å². The summed E-state index contributed by atoms with van der Waals surface area (Å²) in [6, 6.07) is 0. The molecular formula is C14H20N2O2. The monoisotopic (exact) mass is 248 g/mol. The minimum Gasteiger partial charge on any atom is -0.328 e. The summed E-state index contributed by atoms with van der Waals surface area (Å²) in [5.41, 5.74) is 5.53. The molecular weight excluding hydrogens is 228 g/mol. The van der Waals surface area contributed by atoms with Crippen molar-refractivity contribution in [1.82, 2.24) is 4.90 Å². The second kappa shape index (κ2) is 4.19. The molecule has 2 atom stereocenters. The van der Waals surface area contributed by atoms with Crippen LogP contribution < -0.4 is 5.73 Å². The van der Waals surface area contributed by atoms with Gasteiger partial charge in [0.2, 0.25) is 11.8 Å². The van der Waals surface area contributed by atoms with E-state index in [0.717, 1.165) is 25.7 Å². The van der Waals surface area contributed by atoms with Crippen LogP contribution in [0.4, 0.5) is 0 Å². The topological polar surface area (TPSA) is 63.4 Å². The first-order chi connectivity index (χ1) is 8.69. The number of rotatable bonds is 2. The highest BCUT2D eigenvalue weighted by Gasteiger charge is 2.55. The predicted molar refractivity (Wildman–Crippen MR) is 67.5 cm³/mol. The third-order valence-electron chi connectivity index (χ3n) is 4.90. The molecule has 4 nitrogen and oxygen atoms in total. The molecule has 0 bridgehead atoms. The van der Waals surface area contributed by atoms with E-state index in [0.29, 0.717) is 19.4 Å². The fourth-order valence-electron chi connectivity index (χ4n) is 3.82. The van der Waals surface area contributed by atoms with Gasteiger partial charge in [0, 0.05) is 6.54 Å². The Labute approximate surface area is 107 Å². The maximum Gasteiger partial charge on any atom is 0.233 e. The largest absolute Gasteiger partial charge is 0.328 e. The lowest BCUT2D eigenvalue weighted by atomic mass is 9.85. The van der Waals surface area contributed by atoms with Gasteiger partial charge in [-0.15, -0.1) is 0 Å². The van der Waals surface area contributed by atoms with Crippen molar-refractivity contribution in [1.29, 1.82) is 0 Å². The SMILES string of the molecule is NCC1(N2C(=O)[C@H]3CC=CC[C@H]3C2=O)CCCC1. The van der Waals surface area contributed by atoms with Gasteiger partial charge in [-0.1, -0.05) is 25.0 Å². The molecule has 2 fully saturated rings. The van der Waals surface area contributed by atoms with E-state index in [1.165, 1.54) is 0 Å². The molecule has 1 saturated carbocycles. The molecule has 4 heteroatoms. The van der Waals surface area contributed by atoms with Gasteiger partial charge < -0.3 is 5.73 Å². The van der Waals surface area contributed by atoms with E-state index in [1.807, 2.05) is 12.2 Å². The molecule has 2 amide bonds. The molecule has 18 heavy (non-hydrogen) atoms. The average Bonchev–Trinajstić information content (AvgIpc) is 2.96. The zero-order valence-electron chi connectivity index (χ0n) is 10.6. The molecule has 0 aromatic heterocycles. The smallest absolute Gasteiger partial charge is 0.233 e. The van der Waals surface area contributed by atoms with Crippen LogP contribution in [-0.2, 0) is 9.59 Å². The van der Waals surface area contributed by atoms with Crippen LogP contribution in [0.25, 0.3) is 0 Å². The first kappa shape index (κ1) is 11.9. The lowest BCUT2D eigenvalue weighted by Gasteiger charge is -2.36. The minimum absolute atomic E-state index is 0.0294. The molecule has 0 aromatic rings. The van der Waals surface area contributed by atoms with Crippen molar-refractivity contribution in [2.75, 3.05) is 6.54 Å². The molecule has 98 valence electrons. The first-order valence-corrected chi connectivity index (χ1v) is 6.92. The van der Waals surface area contributed by atoms with Gasteiger partial charge in [0.15, 0.2) is 0 Å². The second-order valence-corrected chi connectivity index (χ2v) is 5.80. The van der Waals surface area contributed by atoms with E-state index < -0.39 is 0 Å². The summed E-state index contributed by atoms with van der Waals surface area (Å²) in [6.07, 6.45) is 9.39. The summed E-state index contributed by atoms with van der Waals surface area (Å²) in [4.78, 5) is 26.6. The van der Waals surface area contributed by atoms with Crippen molar-refractivity contribution in [3.05, 3.63) is 12.2 Å². The second-order valence-electron chi connectivity index (χ2n) is 5.80. The number of nitrogens with zero attached hydrogens (tertiary/aromatic N) is 1. The Hall–Kier alpha value is -1.16.